The number of rotatable bonds is 9. The Labute approximate surface area is 182 Å². The van der Waals surface area contributed by atoms with Gasteiger partial charge in [-0.2, -0.15) is 0 Å². The Bertz CT molecular complexity index is 873. The molecule has 0 fully saturated rings. The molecule has 2 atom stereocenters. The molecule has 0 aliphatic rings. The van der Waals surface area contributed by atoms with Gasteiger partial charge in [-0.25, -0.2) is 0 Å². The van der Waals surface area contributed by atoms with Crippen LogP contribution in [0.25, 0.3) is 0 Å². The van der Waals surface area contributed by atoms with E-state index < -0.39 is 30.3 Å². The fraction of sp³-hybridized carbons (Fsp3) is 0.348. The molecule has 7 heteroatoms. The van der Waals surface area contributed by atoms with Gasteiger partial charge in [-0.15, -0.1) is 0 Å². The van der Waals surface area contributed by atoms with Crippen LogP contribution in [0.2, 0.25) is 5.02 Å². The smallest absolute Gasteiger partial charge is 0.314 e. The number of nitrogens with one attached hydrogen (secondary N) is 1. The van der Waals surface area contributed by atoms with Crippen molar-refractivity contribution in [1.29, 1.82) is 0 Å². The van der Waals surface area contributed by atoms with Crippen LogP contribution in [-0.2, 0) is 19.1 Å². The second-order valence-corrected chi connectivity index (χ2v) is 7.57. The van der Waals surface area contributed by atoms with E-state index >= 15 is 0 Å². The minimum Gasteiger partial charge on any atom is -0.455 e. The first-order chi connectivity index (χ1) is 14.3. The van der Waals surface area contributed by atoms with Gasteiger partial charge in [0.25, 0.3) is 5.91 Å². The Morgan fingerprint density at radius 1 is 1.07 bits per heavy atom. The summed E-state index contributed by atoms with van der Waals surface area (Å²) in [5.74, 6) is -1.69. The van der Waals surface area contributed by atoms with Gasteiger partial charge in [0, 0.05) is 7.05 Å². The average Bonchev–Trinajstić information content (AvgIpc) is 2.74. The molecule has 0 aliphatic heterocycles. The van der Waals surface area contributed by atoms with E-state index in [0.717, 1.165) is 12.0 Å². The lowest BCUT2D eigenvalue weighted by Gasteiger charge is -2.23. The molecule has 0 aliphatic carbocycles. The maximum Gasteiger partial charge on any atom is 0.314 e. The summed E-state index contributed by atoms with van der Waals surface area (Å²) < 4.78 is 5.30. The number of likely N-dealkylation sites (N-methyl/N-ethyl adjacent to an activating group) is 1. The van der Waals surface area contributed by atoms with Crippen molar-refractivity contribution in [3.8, 4) is 0 Å². The van der Waals surface area contributed by atoms with Crippen molar-refractivity contribution < 1.29 is 19.1 Å². The number of hydrogen-bond acceptors (Lipinski definition) is 4. The monoisotopic (exact) mass is 430 g/mol. The van der Waals surface area contributed by atoms with Crippen molar-refractivity contribution in [3.63, 3.8) is 0 Å². The number of anilines is 1. The fourth-order valence-corrected chi connectivity index (χ4v) is 3.16. The molecule has 2 aromatic carbocycles. The molecule has 2 rings (SSSR count). The Morgan fingerprint density at radius 2 is 1.70 bits per heavy atom. The fourth-order valence-electron chi connectivity index (χ4n) is 2.98. The van der Waals surface area contributed by atoms with Crippen LogP contribution in [-0.4, -0.2) is 42.9 Å². The summed E-state index contributed by atoms with van der Waals surface area (Å²) in [5, 5.41) is 3.06. The first-order valence-corrected chi connectivity index (χ1v) is 10.2. The average molecular weight is 431 g/mol. The Balaban J connectivity index is 1.90. The number of carbonyl (C=O) groups excluding carboxylic acids is 3. The SMILES string of the molecule is CC[C@@H](C)[C@@H](C(=O)OCC(=O)N(C)CC(=O)Nc1ccccc1Cl)c1ccccc1. The van der Waals surface area contributed by atoms with E-state index in [1.54, 1.807) is 24.3 Å². The molecule has 0 spiro atoms. The van der Waals surface area contributed by atoms with E-state index in [2.05, 4.69) is 5.32 Å². The van der Waals surface area contributed by atoms with Gasteiger partial charge in [-0.3, -0.25) is 14.4 Å². The predicted molar refractivity (Wildman–Crippen MR) is 117 cm³/mol. The molecule has 0 bridgehead atoms. The highest BCUT2D eigenvalue weighted by atomic mass is 35.5. The van der Waals surface area contributed by atoms with Crippen LogP contribution in [0.15, 0.2) is 54.6 Å². The van der Waals surface area contributed by atoms with E-state index in [1.807, 2.05) is 44.2 Å². The van der Waals surface area contributed by atoms with Gasteiger partial charge in [0.15, 0.2) is 6.61 Å². The van der Waals surface area contributed by atoms with Gasteiger partial charge in [-0.1, -0.05) is 74.3 Å². The molecule has 2 amide bonds. The highest BCUT2D eigenvalue weighted by Gasteiger charge is 2.28. The standard InChI is InChI=1S/C23H27ClN2O4/c1-4-16(2)22(17-10-6-5-7-11-17)23(29)30-15-21(28)26(3)14-20(27)25-19-13-9-8-12-18(19)24/h5-13,16,22H,4,14-15H2,1-3H3,(H,25,27)/t16-,22-/m1/s1. The number of esters is 1. The van der Waals surface area contributed by atoms with Gasteiger partial charge in [-0.05, 0) is 23.6 Å². The van der Waals surface area contributed by atoms with Crippen molar-refractivity contribution in [2.24, 2.45) is 5.92 Å². The second-order valence-electron chi connectivity index (χ2n) is 7.16. The lowest BCUT2D eigenvalue weighted by molar-refractivity contribution is -0.154. The number of amides is 2. The molecular formula is C23H27ClN2O4. The zero-order chi connectivity index (χ0) is 22.1. The molecule has 6 nitrogen and oxygen atoms in total. The highest BCUT2D eigenvalue weighted by Crippen LogP contribution is 2.28. The van der Waals surface area contributed by atoms with Gasteiger partial charge >= 0.3 is 5.97 Å². The number of nitrogens with zero attached hydrogens (tertiary/aromatic N) is 1. The van der Waals surface area contributed by atoms with Crippen molar-refractivity contribution >= 4 is 35.1 Å². The molecule has 0 radical (unpaired) electrons. The third-order valence-corrected chi connectivity index (χ3v) is 5.25. The number of hydrogen-bond donors (Lipinski definition) is 1. The van der Waals surface area contributed by atoms with E-state index in [4.69, 9.17) is 16.3 Å². The zero-order valence-corrected chi connectivity index (χ0v) is 18.2. The van der Waals surface area contributed by atoms with Crippen LogP contribution in [0.5, 0.6) is 0 Å². The zero-order valence-electron chi connectivity index (χ0n) is 17.4. The van der Waals surface area contributed by atoms with E-state index in [0.29, 0.717) is 10.7 Å². The van der Waals surface area contributed by atoms with E-state index in [1.165, 1.54) is 11.9 Å². The molecule has 0 saturated carbocycles. The summed E-state index contributed by atoms with van der Waals surface area (Å²) in [5.41, 5.74) is 1.33. The number of halogens is 1. The Kier molecular flexibility index (Phi) is 8.87. The topological polar surface area (TPSA) is 75.7 Å². The van der Waals surface area contributed by atoms with Crippen molar-refractivity contribution in [2.45, 2.75) is 26.2 Å². The number of benzene rings is 2. The molecule has 2 aromatic rings. The van der Waals surface area contributed by atoms with Crippen molar-refractivity contribution in [1.82, 2.24) is 4.90 Å². The number of para-hydroxylation sites is 1. The van der Waals surface area contributed by atoms with Crippen LogP contribution in [0, 0.1) is 5.92 Å². The lowest BCUT2D eigenvalue weighted by atomic mass is 9.86. The normalized spacial score (nSPS) is 12.5. The van der Waals surface area contributed by atoms with Gasteiger partial charge in [0.1, 0.15) is 0 Å². The van der Waals surface area contributed by atoms with Crippen LogP contribution < -0.4 is 5.32 Å². The molecule has 0 heterocycles. The van der Waals surface area contributed by atoms with Gasteiger partial charge in [0.05, 0.1) is 23.2 Å². The van der Waals surface area contributed by atoms with Crippen LogP contribution in [0.1, 0.15) is 31.7 Å². The van der Waals surface area contributed by atoms with Crippen LogP contribution >= 0.6 is 11.6 Å². The largest absolute Gasteiger partial charge is 0.455 e. The predicted octanol–water partition coefficient (Wildman–Crippen LogP) is 4.11. The molecular weight excluding hydrogens is 404 g/mol. The minimum atomic E-state index is -0.464. The molecule has 0 saturated heterocycles. The second kappa shape index (κ2) is 11.4. The van der Waals surface area contributed by atoms with E-state index in [9.17, 15) is 14.4 Å². The summed E-state index contributed by atoms with van der Waals surface area (Å²) in [6, 6.07) is 16.2. The summed E-state index contributed by atoms with van der Waals surface area (Å²) in [7, 11) is 1.48. The van der Waals surface area contributed by atoms with Gasteiger partial charge < -0.3 is 15.0 Å². The lowest BCUT2D eigenvalue weighted by Crippen LogP contribution is -2.38. The third kappa shape index (κ3) is 6.59. The maximum atomic E-state index is 12.7. The quantitative estimate of drug-likeness (QED) is 0.607. The highest BCUT2D eigenvalue weighted by molar-refractivity contribution is 6.33. The molecule has 0 aromatic heterocycles. The van der Waals surface area contributed by atoms with Crippen molar-refractivity contribution in [2.75, 3.05) is 25.5 Å². The summed E-state index contributed by atoms with van der Waals surface area (Å²) >= 11 is 6.02. The molecule has 0 unspecified atom stereocenters. The Morgan fingerprint density at radius 3 is 2.33 bits per heavy atom. The summed E-state index contributed by atoms with van der Waals surface area (Å²) in [4.78, 5) is 38.4. The Hall–Kier alpha value is -2.86. The number of ether oxygens (including phenoxy) is 1. The first-order valence-electron chi connectivity index (χ1n) is 9.83. The molecule has 30 heavy (non-hydrogen) atoms. The summed E-state index contributed by atoms with van der Waals surface area (Å²) in [6.07, 6.45) is 0.796. The molecule has 160 valence electrons. The number of carbonyl (C=O) groups is 3. The minimum absolute atomic E-state index is 0.0640. The van der Waals surface area contributed by atoms with Gasteiger partial charge in [0.2, 0.25) is 5.91 Å². The first kappa shape index (κ1) is 23.4. The third-order valence-electron chi connectivity index (χ3n) is 4.92. The maximum absolute atomic E-state index is 12.7. The van der Waals surface area contributed by atoms with Crippen molar-refractivity contribution in [3.05, 3.63) is 65.2 Å². The van der Waals surface area contributed by atoms with Crippen LogP contribution in [0.3, 0.4) is 0 Å². The summed E-state index contributed by atoms with van der Waals surface area (Å²) in [6.45, 7) is 3.37. The van der Waals surface area contributed by atoms with E-state index in [-0.39, 0.29) is 12.5 Å². The van der Waals surface area contributed by atoms with Crippen LogP contribution in [0.4, 0.5) is 5.69 Å². The molecule has 1 N–H and O–H groups in total.